The average molecular weight is 754 g/mol. The molecule has 282 valence electrons. The molecule has 6 aromatic carbocycles. The van der Waals surface area contributed by atoms with Crippen molar-refractivity contribution in [1.82, 2.24) is 0 Å². The monoisotopic (exact) mass is 753 g/mol. The topological polar surface area (TPSA) is 278 Å². The molecule has 1 atom stereocenters. The van der Waals surface area contributed by atoms with E-state index in [-0.39, 0.29) is 57.0 Å². The van der Waals surface area contributed by atoms with Crippen molar-refractivity contribution in [1.29, 1.82) is 0 Å². The molecule has 14 heteroatoms. The lowest BCUT2D eigenvalue weighted by molar-refractivity contribution is 0.467. The summed E-state index contributed by atoms with van der Waals surface area (Å²) in [4.78, 5) is 0.307. The van der Waals surface area contributed by atoms with E-state index in [1.807, 2.05) is 25.1 Å². The van der Waals surface area contributed by atoms with Gasteiger partial charge in [-0.05, 0) is 108 Å². The third kappa shape index (κ3) is 9.68. The molecule has 6 rings (SSSR count). The van der Waals surface area contributed by atoms with Crippen molar-refractivity contribution in [3.05, 3.63) is 126 Å². The number of anilines is 5. The van der Waals surface area contributed by atoms with Gasteiger partial charge in [-0.3, -0.25) is 0 Å². The van der Waals surface area contributed by atoms with E-state index in [1.165, 1.54) is 36.4 Å². The SMILES string of the molecule is Cc1ccc(C(C)(C)c2ccc(O)c(N)c2)cc1O.Nc1cc(OS(=O)c2ccc(O)c(N)c2)ccc1O.Nc1ccc(-c2ccc(N)c(O)c2)cc1O. The van der Waals surface area contributed by atoms with Gasteiger partial charge in [-0.25, -0.2) is 4.21 Å². The molecule has 0 heterocycles. The molecule has 0 fully saturated rings. The molecule has 0 aromatic heterocycles. The number of aromatic hydroxyl groups is 6. The summed E-state index contributed by atoms with van der Waals surface area (Å²) in [5.74, 6) is 0.508. The van der Waals surface area contributed by atoms with Gasteiger partial charge >= 0.3 is 0 Å². The zero-order chi connectivity index (χ0) is 39.9. The number of benzene rings is 6. The Labute approximate surface area is 314 Å². The lowest BCUT2D eigenvalue weighted by Gasteiger charge is -2.27. The summed E-state index contributed by atoms with van der Waals surface area (Å²) in [5.41, 5.74) is 33.1. The summed E-state index contributed by atoms with van der Waals surface area (Å²) in [6.45, 7) is 5.98. The van der Waals surface area contributed by atoms with Crippen LogP contribution in [0, 0.1) is 6.92 Å². The summed E-state index contributed by atoms with van der Waals surface area (Å²) in [6, 6.07) is 29.0. The molecule has 13 nitrogen and oxygen atoms in total. The predicted molar refractivity (Wildman–Crippen MR) is 214 cm³/mol. The van der Waals surface area contributed by atoms with E-state index in [4.69, 9.17) is 32.9 Å². The van der Waals surface area contributed by atoms with E-state index in [0.717, 1.165) is 27.8 Å². The fourth-order valence-electron chi connectivity index (χ4n) is 4.91. The zero-order valence-corrected chi connectivity index (χ0v) is 30.5. The van der Waals surface area contributed by atoms with Gasteiger partial charge in [0.25, 0.3) is 0 Å². The minimum Gasteiger partial charge on any atom is -0.508 e. The van der Waals surface area contributed by atoms with Crippen LogP contribution in [0.3, 0.4) is 0 Å². The van der Waals surface area contributed by atoms with Crippen LogP contribution in [0.5, 0.6) is 40.2 Å². The number of nitrogen functional groups attached to an aromatic ring is 5. The smallest absolute Gasteiger partial charge is 0.240 e. The minimum absolute atomic E-state index is 0.0221. The van der Waals surface area contributed by atoms with Crippen LogP contribution >= 0.6 is 0 Å². The van der Waals surface area contributed by atoms with Crippen LogP contribution in [-0.4, -0.2) is 34.8 Å². The van der Waals surface area contributed by atoms with Gasteiger partial charge in [0.1, 0.15) is 40.2 Å². The third-order valence-corrected chi connectivity index (χ3v) is 9.42. The lowest BCUT2D eigenvalue weighted by Crippen LogP contribution is -2.19. The molecule has 0 aliphatic carbocycles. The Morgan fingerprint density at radius 3 is 1.43 bits per heavy atom. The van der Waals surface area contributed by atoms with Crippen LogP contribution in [0.15, 0.2) is 114 Å². The van der Waals surface area contributed by atoms with Crippen molar-refractivity contribution in [3.8, 4) is 51.4 Å². The molecule has 0 spiro atoms. The standard InChI is InChI=1S/C16H19NO2.C12H12N2O4S.C12H12N2O2/c1-10-4-5-12(9-15(10)19)16(2,3)11-6-7-14(18)13(17)8-11;13-9-5-7(1-3-11(9)15)18-19(17)8-2-4-12(16)10(14)6-8;13-9-3-1-7(5-11(9)15)8-2-4-10(14)12(16)6-8/h4-9,18-19H,17H2,1-3H3;1-6,15-16H,13-14H2;1-6,15-16H,13-14H2. The summed E-state index contributed by atoms with van der Waals surface area (Å²) in [7, 11) is 0. The maximum atomic E-state index is 11.9. The second kappa shape index (κ2) is 16.6. The second-order valence-corrected chi connectivity index (χ2v) is 13.8. The number of phenolic OH excluding ortho intramolecular Hbond substituents is 6. The van der Waals surface area contributed by atoms with Crippen molar-refractivity contribution in [2.75, 3.05) is 28.7 Å². The first-order valence-corrected chi connectivity index (χ1v) is 17.3. The van der Waals surface area contributed by atoms with Crippen molar-refractivity contribution >= 4 is 39.5 Å². The first kappa shape index (κ1) is 39.8. The lowest BCUT2D eigenvalue weighted by atomic mass is 9.77. The van der Waals surface area contributed by atoms with E-state index < -0.39 is 11.1 Å². The molecule has 0 saturated carbocycles. The fraction of sp³-hybridized carbons (Fsp3) is 0.100. The van der Waals surface area contributed by atoms with Gasteiger partial charge in [0.05, 0.1) is 33.3 Å². The first-order chi connectivity index (χ1) is 25.4. The van der Waals surface area contributed by atoms with Gasteiger partial charge in [-0.15, -0.1) is 0 Å². The minimum atomic E-state index is -1.80. The van der Waals surface area contributed by atoms with Gasteiger partial charge < -0.3 is 63.5 Å². The Balaban J connectivity index is 0.000000181. The highest BCUT2D eigenvalue weighted by molar-refractivity contribution is 7.80. The van der Waals surface area contributed by atoms with Crippen LogP contribution in [0.25, 0.3) is 11.1 Å². The molecule has 0 amide bonds. The Hall–Kier alpha value is -6.93. The normalized spacial score (nSPS) is 11.3. The molecule has 1 unspecified atom stereocenters. The fourth-order valence-corrected chi connectivity index (χ4v) is 5.69. The first-order valence-electron chi connectivity index (χ1n) is 16.2. The van der Waals surface area contributed by atoms with Gasteiger partial charge in [0.15, 0.2) is 0 Å². The van der Waals surface area contributed by atoms with Crippen molar-refractivity contribution < 1.29 is 39.0 Å². The second-order valence-electron chi connectivity index (χ2n) is 12.7. The molecule has 0 bridgehead atoms. The van der Waals surface area contributed by atoms with Crippen LogP contribution in [0.2, 0.25) is 0 Å². The number of hydrogen-bond acceptors (Lipinski definition) is 13. The molecule has 54 heavy (non-hydrogen) atoms. The highest BCUT2D eigenvalue weighted by atomic mass is 32.2. The summed E-state index contributed by atoms with van der Waals surface area (Å²) in [5, 5.41) is 56.8. The van der Waals surface area contributed by atoms with Gasteiger partial charge in [-0.1, -0.05) is 44.2 Å². The summed E-state index contributed by atoms with van der Waals surface area (Å²) < 4.78 is 17.1. The largest absolute Gasteiger partial charge is 0.508 e. The molecule has 0 aliphatic heterocycles. The molecule has 16 N–H and O–H groups in total. The number of aryl methyl sites for hydroxylation is 1. The number of nitrogens with two attached hydrogens (primary N) is 5. The van der Waals surface area contributed by atoms with Gasteiger partial charge in [-0.2, -0.15) is 0 Å². The van der Waals surface area contributed by atoms with Crippen molar-refractivity contribution in [2.24, 2.45) is 0 Å². The summed E-state index contributed by atoms with van der Waals surface area (Å²) in [6.07, 6.45) is 0. The summed E-state index contributed by atoms with van der Waals surface area (Å²) >= 11 is -1.80. The molecule has 0 radical (unpaired) electrons. The van der Waals surface area contributed by atoms with Crippen molar-refractivity contribution in [2.45, 2.75) is 31.1 Å². The molecular formula is C40H43N5O8S. The van der Waals surface area contributed by atoms with Gasteiger partial charge in [0, 0.05) is 11.5 Å². The van der Waals surface area contributed by atoms with E-state index in [0.29, 0.717) is 22.0 Å². The average Bonchev–Trinajstić information content (AvgIpc) is 3.12. The maximum absolute atomic E-state index is 11.9. The van der Waals surface area contributed by atoms with E-state index >= 15 is 0 Å². The van der Waals surface area contributed by atoms with Crippen molar-refractivity contribution in [3.63, 3.8) is 0 Å². The Bertz CT molecular complexity index is 2210. The third-order valence-electron chi connectivity index (χ3n) is 8.44. The number of phenols is 6. The van der Waals surface area contributed by atoms with E-state index in [2.05, 4.69) is 13.8 Å². The molecule has 0 saturated heterocycles. The Kier molecular flexibility index (Phi) is 12.3. The molecule has 6 aromatic rings. The van der Waals surface area contributed by atoms with Crippen LogP contribution in [0.4, 0.5) is 28.4 Å². The predicted octanol–water partition coefficient (Wildman–Crippen LogP) is 6.61. The maximum Gasteiger partial charge on any atom is 0.240 e. The quantitative estimate of drug-likeness (QED) is 0.0632. The Morgan fingerprint density at radius 2 is 0.944 bits per heavy atom. The highest BCUT2D eigenvalue weighted by Gasteiger charge is 2.24. The zero-order valence-electron chi connectivity index (χ0n) is 29.7. The molecule has 0 aliphatic rings. The van der Waals surface area contributed by atoms with Crippen LogP contribution in [-0.2, 0) is 16.5 Å². The molecular weight excluding hydrogens is 711 g/mol. The van der Waals surface area contributed by atoms with E-state index in [9.17, 15) is 34.8 Å². The number of hydrogen-bond donors (Lipinski definition) is 11. The van der Waals surface area contributed by atoms with Gasteiger partial charge in [0.2, 0.25) is 11.1 Å². The highest BCUT2D eigenvalue weighted by Crippen LogP contribution is 2.37. The van der Waals surface area contributed by atoms with E-state index in [1.54, 1.807) is 54.6 Å². The van der Waals surface area contributed by atoms with Crippen LogP contribution < -0.4 is 32.9 Å². The van der Waals surface area contributed by atoms with Crippen LogP contribution in [0.1, 0.15) is 30.5 Å². The Morgan fingerprint density at radius 1 is 0.481 bits per heavy atom. The number of rotatable bonds is 6.